The highest BCUT2D eigenvalue weighted by atomic mass is 32.3. The lowest BCUT2D eigenvalue weighted by atomic mass is 14.0. The molecule has 0 aromatic carbocycles. The second kappa shape index (κ2) is 49.4. The fourth-order valence-electron chi connectivity index (χ4n) is 0. The van der Waals surface area contributed by atoms with Gasteiger partial charge in [0.05, 0.1) is 0 Å². The zero-order valence-electron chi connectivity index (χ0n) is 21.2. The topological polar surface area (TPSA) is 868 Å². The Hall–Kier alpha value is -1.26. The van der Waals surface area contributed by atoms with Crippen LogP contribution in [0.25, 0.3) is 0 Å². The standard InChI is InChI=1S/12H3N.6H2O4S/c;;;;;;;;;;;;6*1-5(2,3)4/h12*1H3;6*(H2,1,2,3,4). The first-order valence-electron chi connectivity index (χ1n) is 4.19. The van der Waals surface area contributed by atoms with E-state index in [-0.39, 0.29) is 73.8 Å². The first-order chi connectivity index (χ1) is 12.0. The molecule has 0 saturated carbocycles. The van der Waals surface area contributed by atoms with E-state index in [0.29, 0.717) is 0 Å². The second-order valence-corrected chi connectivity index (χ2v) is 8.06. The van der Waals surface area contributed by atoms with Crippen LogP contribution in [0.5, 0.6) is 0 Å². The predicted molar refractivity (Wildman–Crippen MR) is 145 cm³/mol. The Bertz CT molecular complexity index is 790. The summed E-state index contributed by atoms with van der Waals surface area (Å²) in [6.07, 6.45) is 0. The molecule has 0 aliphatic rings. The minimum absolute atomic E-state index is 0. The molecule has 0 aromatic heterocycles. The highest BCUT2D eigenvalue weighted by Crippen LogP contribution is 1.61. The Morgan fingerprint density at radius 3 is 0.167 bits per heavy atom. The van der Waals surface area contributed by atoms with Gasteiger partial charge in [0, 0.05) is 0 Å². The molecule has 0 saturated heterocycles. The average Bonchev–Trinajstić information content (AvgIpc) is 1.94. The quantitative estimate of drug-likeness (QED) is 0.118. The average molecular weight is 793 g/mol. The summed E-state index contributed by atoms with van der Waals surface area (Å²) in [4.78, 5) is 0. The van der Waals surface area contributed by atoms with Gasteiger partial charge in [0.1, 0.15) is 0 Å². The molecule has 0 rings (SSSR count). The molecule has 0 aliphatic carbocycles. The highest BCUT2D eigenvalue weighted by molar-refractivity contribution is 7.81. The van der Waals surface area contributed by atoms with Crippen molar-refractivity contribution >= 4 is 62.4 Å². The van der Waals surface area contributed by atoms with Gasteiger partial charge in [-0.05, 0) is 0 Å². The van der Waals surface area contributed by atoms with E-state index in [1.54, 1.807) is 0 Å². The third kappa shape index (κ3) is 34800. The number of hydrogen-bond donors (Lipinski definition) is 24. The Kier molecular flexibility index (Phi) is 146. The molecule has 0 atom stereocenters. The number of hydrogen-bond acceptors (Lipinski definition) is 24. The van der Waals surface area contributed by atoms with Crippen LogP contribution in [0.2, 0.25) is 0 Å². The molecule has 0 fully saturated rings. The maximum atomic E-state index is 8.74. The third-order valence-electron chi connectivity index (χ3n) is 0. The van der Waals surface area contributed by atoms with Crippen LogP contribution in [0.15, 0.2) is 0 Å². The summed E-state index contributed by atoms with van der Waals surface area (Å²) in [6, 6.07) is 0. The maximum Gasteiger partial charge on any atom is 0.394 e. The molecular formula is H48N12O24S6. The van der Waals surface area contributed by atoms with Gasteiger partial charge in [-0.25, -0.2) is 0 Å². The predicted octanol–water partition coefficient (Wildman–Crippen LogP) is -1.97. The first-order valence-corrected chi connectivity index (χ1v) is 12.6. The van der Waals surface area contributed by atoms with Gasteiger partial charge in [-0.1, -0.05) is 0 Å². The van der Waals surface area contributed by atoms with Crippen molar-refractivity contribution in [3.05, 3.63) is 0 Å². The van der Waals surface area contributed by atoms with E-state index in [1.807, 2.05) is 0 Å². The summed E-state index contributed by atoms with van der Waals surface area (Å²) >= 11 is 0. The van der Waals surface area contributed by atoms with Crippen molar-refractivity contribution < 1.29 is 105 Å². The van der Waals surface area contributed by atoms with Crippen LogP contribution in [0.3, 0.4) is 0 Å². The van der Waals surface area contributed by atoms with Crippen LogP contribution < -0.4 is 73.8 Å². The van der Waals surface area contributed by atoms with E-state index in [0.717, 1.165) is 0 Å². The van der Waals surface area contributed by atoms with Crippen LogP contribution in [-0.4, -0.2) is 105 Å². The normalized spacial score (nSPS) is 8.29. The minimum atomic E-state index is -4.67. The lowest BCUT2D eigenvalue weighted by Crippen LogP contribution is -1.89. The van der Waals surface area contributed by atoms with E-state index in [1.165, 1.54) is 0 Å². The summed E-state index contributed by atoms with van der Waals surface area (Å²) in [5, 5.41) is 0. The summed E-state index contributed by atoms with van der Waals surface area (Å²) in [5.41, 5.74) is 0. The fourth-order valence-corrected chi connectivity index (χ4v) is 0. The van der Waals surface area contributed by atoms with Crippen molar-refractivity contribution in [3.8, 4) is 0 Å². The van der Waals surface area contributed by atoms with Gasteiger partial charge in [0.2, 0.25) is 0 Å². The summed E-state index contributed by atoms with van der Waals surface area (Å²) in [7, 11) is -28.0. The molecule has 0 bridgehead atoms. The van der Waals surface area contributed by atoms with Gasteiger partial charge in [0.25, 0.3) is 0 Å². The zero-order valence-corrected chi connectivity index (χ0v) is 26.1. The second-order valence-electron chi connectivity index (χ2n) is 2.69. The van der Waals surface area contributed by atoms with Crippen molar-refractivity contribution in [1.82, 2.24) is 73.8 Å². The maximum absolute atomic E-state index is 8.74. The number of rotatable bonds is 0. The van der Waals surface area contributed by atoms with E-state index in [4.69, 9.17) is 105 Å². The van der Waals surface area contributed by atoms with Gasteiger partial charge < -0.3 is 73.8 Å². The summed E-state index contributed by atoms with van der Waals surface area (Å²) in [6.45, 7) is 0. The molecule has 0 amide bonds. The van der Waals surface area contributed by atoms with Gasteiger partial charge in [-0.2, -0.15) is 50.5 Å². The molecule has 0 aliphatic heterocycles. The van der Waals surface area contributed by atoms with Crippen LogP contribution in [0.4, 0.5) is 0 Å². The molecule has 0 radical (unpaired) electrons. The van der Waals surface area contributed by atoms with E-state index in [9.17, 15) is 0 Å². The SMILES string of the molecule is N.N.N.N.N.N.N.N.N.N.N.N.O=S(=O)(O)O.O=S(=O)(O)O.O=S(=O)(O)O.O=S(=O)(O)O.O=S(=O)(O)O.O=S(=O)(O)O. The van der Waals surface area contributed by atoms with Crippen molar-refractivity contribution in [3.63, 3.8) is 0 Å². The largest absolute Gasteiger partial charge is 0.394 e. The van der Waals surface area contributed by atoms with E-state index in [2.05, 4.69) is 0 Å². The Labute approximate surface area is 241 Å². The Morgan fingerprint density at radius 1 is 0.167 bits per heavy atom. The van der Waals surface area contributed by atoms with Crippen LogP contribution in [0, 0.1) is 0 Å². The first kappa shape index (κ1) is 124. The van der Waals surface area contributed by atoms with E-state index >= 15 is 0 Å². The lowest BCUT2D eigenvalue weighted by Gasteiger charge is -1.68. The van der Waals surface area contributed by atoms with Gasteiger partial charge in [-0.15, -0.1) is 0 Å². The molecule has 0 aromatic rings. The lowest BCUT2D eigenvalue weighted by molar-refractivity contribution is 0.378. The van der Waals surface area contributed by atoms with Gasteiger partial charge >= 0.3 is 62.4 Å². The summed E-state index contributed by atoms with van der Waals surface area (Å²) < 4.78 is 190. The molecule has 0 spiro atoms. The molecular weight excluding hydrogens is 744 g/mol. The molecule has 0 heterocycles. The molecule has 42 heteroatoms. The van der Waals surface area contributed by atoms with Gasteiger partial charge in [0.15, 0.2) is 0 Å². The zero-order chi connectivity index (χ0) is 27.0. The third-order valence-corrected chi connectivity index (χ3v) is 0. The Morgan fingerprint density at radius 2 is 0.167 bits per heavy atom. The van der Waals surface area contributed by atoms with Crippen LogP contribution >= 0.6 is 0 Å². The minimum Gasteiger partial charge on any atom is -0.344 e. The van der Waals surface area contributed by atoms with Crippen molar-refractivity contribution in [1.29, 1.82) is 0 Å². The molecule has 288 valence electrons. The van der Waals surface area contributed by atoms with E-state index < -0.39 is 62.4 Å². The van der Waals surface area contributed by atoms with Crippen molar-refractivity contribution in [2.45, 2.75) is 0 Å². The van der Waals surface area contributed by atoms with Crippen molar-refractivity contribution in [2.24, 2.45) is 0 Å². The van der Waals surface area contributed by atoms with Gasteiger partial charge in [-0.3, -0.25) is 54.6 Å². The van der Waals surface area contributed by atoms with Crippen LogP contribution in [-0.2, 0) is 62.4 Å². The highest BCUT2D eigenvalue weighted by Gasteiger charge is 1.86. The molecule has 0 unspecified atom stereocenters. The monoisotopic (exact) mass is 792 g/mol. The summed E-state index contributed by atoms with van der Waals surface area (Å²) in [5.74, 6) is 0. The smallest absolute Gasteiger partial charge is 0.344 e. The molecule has 48 N–H and O–H groups in total. The van der Waals surface area contributed by atoms with Crippen molar-refractivity contribution in [2.75, 3.05) is 0 Å². The molecule has 36 nitrogen and oxygen atoms in total. The van der Waals surface area contributed by atoms with Crippen LogP contribution in [0.1, 0.15) is 0 Å². The molecule has 42 heavy (non-hydrogen) atoms. The Balaban J connectivity index is -0.00000000973. The fraction of sp³-hybridized carbons (Fsp3) is 0.